The van der Waals surface area contributed by atoms with Gasteiger partial charge in [-0.3, -0.25) is 4.79 Å². The summed E-state index contributed by atoms with van der Waals surface area (Å²) in [4.78, 5) is 12.0. The Morgan fingerprint density at radius 3 is 2.59 bits per heavy atom. The van der Waals surface area contributed by atoms with Gasteiger partial charge < -0.3 is 4.74 Å². The van der Waals surface area contributed by atoms with E-state index in [1.807, 2.05) is 39.0 Å². The molecule has 1 N–H and O–H groups in total. The molecule has 0 bridgehead atoms. The predicted molar refractivity (Wildman–Crippen MR) is 88.6 cm³/mol. The summed E-state index contributed by atoms with van der Waals surface area (Å²) in [5.41, 5.74) is 6.34. The van der Waals surface area contributed by atoms with Gasteiger partial charge in [0.25, 0.3) is 5.91 Å². The SMILES string of the molecule is CCOc1ccc(C(=O)N/N=C\c2cc(C)ccc2C)cc1. The van der Waals surface area contributed by atoms with E-state index in [4.69, 9.17) is 4.74 Å². The third kappa shape index (κ3) is 4.19. The molecule has 0 aromatic heterocycles. The van der Waals surface area contributed by atoms with Gasteiger partial charge in [-0.2, -0.15) is 5.10 Å². The molecule has 1 amide bonds. The molecule has 0 radical (unpaired) electrons. The van der Waals surface area contributed by atoms with Crippen molar-refractivity contribution in [1.82, 2.24) is 5.43 Å². The number of ether oxygens (including phenoxy) is 1. The first-order valence-electron chi connectivity index (χ1n) is 7.23. The molecule has 0 spiro atoms. The summed E-state index contributed by atoms with van der Waals surface area (Å²) in [5.74, 6) is 0.502. The third-order valence-corrected chi connectivity index (χ3v) is 3.23. The average molecular weight is 296 g/mol. The molecule has 4 nitrogen and oxygen atoms in total. The van der Waals surface area contributed by atoms with Crippen LogP contribution in [0.15, 0.2) is 47.6 Å². The van der Waals surface area contributed by atoms with Crippen LogP contribution in [0.2, 0.25) is 0 Å². The predicted octanol–water partition coefficient (Wildman–Crippen LogP) is 3.47. The maximum atomic E-state index is 12.0. The lowest BCUT2D eigenvalue weighted by molar-refractivity contribution is 0.0955. The first-order valence-corrected chi connectivity index (χ1v) is 7.23. The molecule has 0 atom stereocenters. The minimum atomic E-state index is -0.246. The van der Waals surface area contributed by atoms with Crippen LogP contribution < -0.4 is 10.2 Å². The van der Waals surface area contributed by atoms with Crippen LogP contribution in [0.3, 0.4) is 0 Å². The number of hydrogen-bond donors (Lipinski definition) is 1. The summed E-state index contributed by atoms with van der Waals surface area (Å²) in [6, 6.07) is 13.1. The molecular weight excluding hydrogens is 276 g/mol. The van der Waals surface area contributed by atoms with Crippen molar-refractivity contribution in [2.24, 2.45) is 5.10 Å². The Balaban J connectivity index is 2.00. The number of carbonyl (C=O) groups excluding carboxylic acids is 1. The molecule has 0 unspecified atom stereocenters. The molecule has 2 aromatic carbocycles. The van der Waals surface area contributed by atoms with Crippen LogP contribution in [-0.2, 0) is 0 Å². The van der Waals surface area contributed by atoms with Crippen LogP contribution in [-0.4, -0.2) is 18.7 Å². The normalized spacial score (nSPS) is 10.7. The molecule has 0 aliphatic heterocycles. The van der Waals surface area contributed by atoms with Crippen molar-refractivity contribution in [3.05, 3.63) is 64.7 Å². The number of rotatable bonds is 5. The zero-order chi connectivity index (χ0) is 15.9. The van der Waals surface area contributed by atoms with Crippen LogP contribution in [0.25, 0.3) is 0 Å². The van der Waals surface area contributed by atoms with E-state index in [0.717, 1.165) is 22.4 Å². The van der Waals surface area contributed by atoms with Crippen molar-refractivity contribution in [3.8, 4) is 5.75 Å². The van der Waals surface area contributed by atoms with E-state index in [1.165, 1.54) is 0 Å². The minimum absolute atomic E-state index is 0.246. The Kier molecular flexibility index (Phi) is 5.31. The Labute approximate surface area is 130 Å². The third-order valence-electron chi connectivity index (χ3n) is 3.23. The number of amides is 1. The van der Waals surface area contributed by atoms with E-state index in [9.17, 15) is 4.79 Å². The molecule has 2 aromatic rings. The number of nitrogens with one attached hydrogen (secondary N) is 1. The summed E-state index contributed by atoms with van der Waals surface area (Å²) >= 11 is 0. The van der Waals surface area contributed by atoms with Crippen LogP contribution >= 0.6 is 0 Å². The molecular formula is C18H20N2O2. The van der Waals surface area contributed by atoms with Gasteiger partial charge in [-0.05, 0) is 56.2 Å². The Hall–Kier alpha value is -2.62. The number of benzene rings is 2. The minimum Gasteiger partial charge on any atom is -0.494 e. The van der Waals surface area contributed by atoms with Gasteiger partial charge >= 0.3 is 0 Å². The Bertz CT molecular complexity index is 676. The zero-order valence-electron chi connectivity index (χ0n) is 13.1. The first-order chi connectivity index (χ1) is 10.6. The Morgan fingerprint density at radius 2 is 1.91 bits per heavy atom. The number of carbonyl (C=O) groups is 1. The van der Waals surface area contributed by atoms with E-state index in [0.29, 0.717) is 12.2 Å². The van der Waals surface area contributed by atoms with Crippen LogP contribution in [0.4, 0.5) is 0 Å². The maximum Gasteiger partial charge on any atom is 0.271 e. The number of nitrogens with zero attached hydrogens (tertiary/aromatic N) is 1. The van der Waals surface area contributed by atoms with Crippen molar-refractivity contribution in [2.45, 2.75) is 20.8 Å². The summed E-state index contributed by atoms with van der Waals surface area (Å²) < 4.78 is 5.34. The highest BCUT2D eigenvalue weighted by Gasteiger charge is 2.04. The second-order valence-electron chi connectivity index (χ2n) is 5.02. The average Bonchev–Trinajstić information content (AvgIpc) is 2.51. The smallest absolute Gasteiger partial charge is 0.271 e. The highest BCUT2D eigenvalue weighted by Crippen LogP contribution is 2.12. The van der Waals surface area contributed by atoms with E-state index in [-0.39, 0.29) is 5.91 Å². The van der Waals surface area contributed by atoms with E-state index in [1.54, 1.807) is 30.5 Å². The highest BCUT2D eigenvalue weighted by molar-refractivity contribution is 5.95. The van der Waals surface area contributed by atoms with Gasteiger partial charge in [0.05, 0.1) is 12.8 Å². The lowest BCUT2D eigenvalue weighted by Gasteiger charge is -2.04. The van der Waals surface area contributed by atoms with E-state index < -0.39 is 0 Å². The molecule has 22 heavy (non-hydrogen) atoms. The largest absolute Gasteiger partial charge is 0.494 e. The molecule has 2 rings (SSSR count). The maximum absolute atomic E-state index is 12.0. The number of hydrazone groups is 1. The van der Waals surface area contributed by atoms with Crippen molar-refractivity contribution < 1.29 is 9.53 Å². The fraction of sp³-hybridized carbons (Fsp3) is 0.222. The van der Waals surface area contributed by atoms with Gasteiger partial charge in [-0.25, -0.2) is 5.43 Å². The van der Waals surface area contributed by atoms with E-state index in [2.05, 4.69) is 10.5 Å². The summed E-state index contributed by atoms with van der Waals surface area (Å²) in [6.07, 6.45) is 1.66. The molecule has 114 valence electrons. The summed E-state index contributed by atoms with van der Waals surface area (Å²) in [7, 11) is 0. The van der Waals surface area contributed by atoms with Gasteiger partial charge in [-0.15, -0.1) is 0 Å². The van der Waals surface area contributed by atoms with Crippen molar-refractivity contribution in [1.29, 1.82) is 0 Å². The molecule has 0 aliphatic carbocycles. The number of hydrogen-bond acceptors (Lipinski definition) is 3. The van der Waals surface area contributed by atoms with Gasteiger partial charge in [0.15, 0.2) is 0 Å². The summed E-state index contributed by atoms with van der Waals surface area (Å²) in [5, 5.41) is 4.02. The Morgan fingerprint density at radius 1 is 1.18 bits per heavy atom. The monoisotopic (exact) mass is 296 g/mol. The van der Waals surface area contributed by atoms with Gasteiger partial charge in [-0.1, -0.05) is 23.8 Å². The van der Waals surface area contributed by atoms with Crippen LogP contribution in [0.1, 0.15) is 34.0 Å². The quantitative estimate of drug-likeness (QED) is 0.678. The van der Waals surface area contributed by atoms with Gasteiger partial charge in [0, 0.05) is 5.56 Å². The lowest BCUT2D eigenvalue weighted by atomic mass is 10.1. The highest BCUT2D eigenvalue weighted by atomic mass is 16.5. The molecule has 0 fully saturated rings. The number of aryl methyl sites for hydroxylation is 2. The van der Waals surface area contributed by atoms with Gasteiger partial charge in [0.1, 0.15) is 5.75 Å². The standard InChI is InChI=1S/C18H20N2O2/c1-4-22-17-9-7-15(8-10-17)18(21)20-19-12-16-11-13(2)5-6-14(16)3/h5-12H,4H2,1-3H3,(H,20,21)/b19-12-. The second-order valence-corrected chi connectivity index (χ2v) is 5.02. The van der Waals surface area contributed by atoms with Crippen molar-refractivity contribution >= 4 is 12.1 Å². The van der Waals surface area contributed by atoms with Gasteiger partial charge in [0.2, 0.25) is 0 Å². The fourth-order valence-corrected chi connectivity index (χ4v) is 1.99. The van der Waals surface area contributed by atoms with Crippen LogP contribution in [0, 0.1) is 13.8 Å². The first kappa shape index (κ1) is 15.8. The lowest BCUT2D eigenvalue weighted by Crippen LogP contribution is -2.17. The summed E-state index contributed by atoms with van der Waals surface area (Å²) in [6.45, 7) is 6.55. The molecule has 0 saturated carbocycles. The zero-order valence-corrected chi connectivity index (χ0v) is 13.1. The molecule has 4 heteroatoms. The molecule has 0 saturated heterocycles. The topological polar surface area (TPSA) is 50.7 Å². The van der Waals surface area contributed by atoms with Crippen LogP contribution in [0.5, 0.6) is 5.75 Å². The second kappa shape index (κ2) is 7.41. The fourth-order valence-electron chi connectivity index (χ4n) is 1.99. The van der Waals surface area contributed by atoms with E-state index >= 15 is 0 Å². The van der Waals surface area contributed by atoms with Crippen molar-refractivity contribution in [2.75, 3.05) is 6.61 Å². The van der Waals surface area contributed by atoms with Crippen molar-refractivity contribution in [3.63, 3.8) is 0 Å². The molecule has 0 aliphatic rings. The molecule has 0 heterocycles.